The number of azide groups is 3. The van der Waals surface area contributed by atoms with Crippen LogP contribution in [-0.2, 0) is 25.6 Å². The number of aliphatic hydroxyl groups excluding tert-OH is 3. The lowest BCUT2D eigenvalue weighted by Crippen LogP contribution is -2.42. The standard InChI is InChI=1S/C35H61N9O8/c36-42-39-17-7-1-4-10-20-48-27-35(28-49-21-11-5-2-8-18-40-43-37,29-50-22-12-6-3-9-19-41-44-38)30-51-23-32-13-15-33(16-14-32)52-31-34(24-45,25-46)26-47/h13-16,45-47H,1-12,17-31H2. The van der Waals surface area contributed by atoms with Gasteiger partial charge < -0.3 is 39.0 Å². The van der Waals surface area contributed by atoms with Gasteiger partial charge in [0.1, 0.15) is 12.4 Å². The Bertz CT molecular complexity index is 1070. The molecular weight excluding hydrogens is 674 g/mol. The number of hydrogen-bond acceptors (Lipinski definition) is 11. The van der Waals surface area contributed by atoms with E-state index in [-0.39, 0.29) is 6.61 Å². The van der Waals surface area contributed by atoms with E-state index in [4.69, 9.17) is 40.3 Å². The van der Waals surface area contributed by atoms with Crippen molar-refractivity contribution in [3.05, 3.63) is 61.2 Å². The smallest absolute Gasteiger partial charge is 0.119 e. The highest BCUT2D eigenvalue weighted by molar-refractivity contribution is 5.27. The second-order valence-corrected chi connectivity index (χ2v) is 13.2. The van der Waals surface area contributed by atoms with Crippen LogP contribution in [0.1, 0.15) is 82.6 Å². The van der Waals surface area contributed by atoms with Crippen molar-refractivity contribution in [2.45, 2.75) is 83.7 Å². The van der Waals surface area contributed by atoms with Crippen molar-refractivity contribution in [3.63, 3.8) is 0 Å². The second-order valence-electron chi connectivity index (χ2n) is 13.2. The monoisotopic (exact) mass is 735 g/mol. The Morgan fingerprint density at radius 3 is 1.25 bits per heavy atom. The summed E-state index contributed by atoms with van der Waals surface area (Å²) in [5.74, 6) is 0.543. The molecule has 1 aromatic carbocycles. The van der Waals surface area contributed by atoms with Crippen molar-refractivity contribution in [3.8, 4) is 5.75 Å². The Morgan fingerprint density at radius 1 is 0.481 bits per heavy atom. The van der Waals surface area contributed by atoms with Gasteiger partial charge in [-0.1, -0.05) is 66.0 Å². The number of hydrogen-bond donors (Lipinski definition) is 3. The molecule has 0 aliphatic heterocycles. The van der Waals surface area contributed by atoms with Crippen LogP contribution >= 0.6 is 0 Å². The first kappa shape index (κ1) is 46.7. The molecule has 0 fully saturated rings. The van der Waals surface area contributed by atoms with Gasteiger partial charge >= 0.3 is 0 Å². The number of rotatable bonds is 37. The summed E-state index contributed by atoms with van der Waals surface area (Å²) in [5.41, 5.74) is 24.6. The minimum absolute atomic E-state index is 0.0316. The van der Waals surface area contributed by atoms with E-state index in [2.05, 4.69) is 30.1 Å². The predicted molar refractivity (Wildman–Crippen MR) is 198 cm³/mol. The van der Waals surface area contributed by atoms with Crippen molar-refractivity contribution < 1.29 is 39.0 Å². The van der Waals surface area contributed by atoms with Gasteiger partial charge in [-0.25, -0.2) is 0 Å². The molecule has 0 amide bonds. The predicted octanol–water partition coefficient (Wildman–Crippen LogP) is 7.19. The van der Waals surface area contributed by atoms with Crippen molar-refractivity contribution in [1.29, 1.82) is 0 Å². The van der Waals surface area contributed by atoms with Crippen molar-refractivity contribution in [1.82, 2.24) is 0 Å². The molecule has 0 aliphatic rings. The van der Waals surface area contributed by atoms with E-state index in [1.54, 1.807) is 12.1 Å². The highest BCUT2D eigenvalue weighted by atomic mass is 16.5. The molecule has 0 bridgehead atoms. The molecule has 52 heavy (non-hydrogen) atoms. The second kappa shape index (κ2) is 32.3. The number of benzene rings is 1. The summed E-state index contributed by atoms with van der Waals surface area (Å²) in [5, 5.41) is 39.5. The average Bonchev–Trinajstić information content (AvgIpc) is 3.17. The first-order valence-corrected chi connectivity index (χ1v) is 18.4. The van der Waals surface area contributed by atoms with Gasteiger partial charge in [0, 0.05) is 54.2 Å². The van der Waals surface area contributed by atoms with E-state index in [0.29, 0.717) is 78.2 Å². The molecule has 17 heteroatoms. The van der Waals surface area contributed by atoms with Crippen molar-refractivity contribution in [2.75, 3.05) is 92.3 Å². The third kappa shape index (κ3) is 23.3. The molecular formula is C35H61N9O8. The fourth-order valence-corrected chi connectivity index (χ4v) is 5.06. The maximum Gasteiger partial charge on any atom is 0.119 e. The van der Waals surface area contributed by atoms with Crippen molar-refractivity contribution in [2.24, 2.45) is 26.2 Å². The number of nitrogens with zero attached hydrogens (tertiary/aromatic N) is 9. The lowest BCUT2D eigenvalue weighted by atomic mass is 9.92. The molecule has 1 rings (SSSR count). The van der Waals surface area contributed by atoms with Gasteiger partial charge in [0.25, 0.3) is 0 Å². The molecule has 294 valence electrons. The van der Waals surface area contributed by atoms with Crippen LogP contribution in [0.2, 0.25) is 0 Å². The van der Waals surface area contributed by atoms with Gasteiger partial charge in [-0.15, -0.1) is 0 Å². The number of ether oxygens (including phenoxy) is 5. The minimum Gasteiger partial charge on any atom is -0.493 e. The van der Waals surface area contributed by atoms with Gasteiger partial charge in [-0.3, -0.25) is 0 Å². The van der Waals surface area contributed by atoms with Crippen LogP contribution in [0.4, 0.5) is 0 Å². The summed E-state index contributed by atoms with van der Waals surface area (Å²) >= 11 is 0. The largest absolute Gasteiger partial charge is 0.493 e. The van der Waals surface area contributed by atoms with E-state index in [1.807, 2.05) is 12.1 Å². The third-order valence-electron chi connectivity index (χ3n) is 8.46. The topological polar surface area (TPSA) is 253 Å². The van der Waals surface area contributed by atoms with E-state index in [0.717, 1.165) is 82.6 Å². The first-order chi connectivity index (χ1) is 25.5. The Hall–Kier alpha value is -3.33. The summed E-state index contributed by atoms with van der Waals surface area (Å²) in [6.45, 7) is 3.82. The zero-order chi connectivity index (χ0) is 37.9. The third-order valence-corrected chi connectivity index (χ3v) is 8.46. The molecule has 3 N–H and O–H groups in total. The van der Waals surface area contributed by atoms with E-state index in [9.17, 15) is 15.3 Å². The van der Waals surface area contributed by atoms with E-state index >= 15 is 0 Å². The molecule has 17 nitrogen and oxygen atoms in total. The Labute approximate surface area is 307 Å². The van der Waals surface area contributed by atoms with Crippen LogP contribution in [0.15, 0.2) is 39.6 Å². The highest BCUT2D eigenvalue weighted by Gasteiger charge is 2.33. The van der Waals surface area contributed by atoms with Crippen molar-refractivity contribution >= 4 is 0 Å². The number of unbranched alkanes of at least 4 members (excludes halogenated alkanes) is 9. The summed E-state index contributed by atoms with van der Waals surface area (Å²) in [6.07, 6.45) is 11.0. The van der Waals surface area contributed by atoms with Crippen LogP contribution < -0.4 is 4.74 Å². The van der Waals surface area contributed by atoms with Gasteiger partial charge in [0.15, 0.2) is 0 Å². The fraction of sp³-hybridized carbons (Fsp3) is 0.829. The summed E-state index contributed by atoms with van der Waals surface area (Å²) < 4.78 is 30.7. The molecule has 0 saturated heterocycles. The van der Waals surface area contributed by atoms with Crippen LogP contribution in [0, 0.1) is 10.8 Å². The van der Waals surface area contributed by atoms with Crippen LogP contribution in [-0.4, -0.2) is 108 Å². The molecule has 0 unspecified atom stereocenters. The van der Waals surface area contributed by atoms with Gasteiger partial charge in [0.2, 0.25) is 0 Å². The lowest BCUT2D eigenvalue weighted by Gasteiger charge is -2.33. The molecule has 0 aromatic heterocycles. The molecule has 0 saturated carbocycles. The summed E-state index contributed by atoms with van der Waals surface area (Å²) in [4.78, 5) is 8.40. The van der Waals surface area contributed by atoms with Crippen LogP contribution in [0.3, 0.4) is 0 Å². The van der Waals surface area contributed by atoms with Crippen LogP contribution in [0.5, 0.6) is 5.75 Å². The Kier molecular flexibility index (Phi) is 29.0. The zero-order valence-corrected chi connectivity index (χ0v) is 30.8. The van der Waals surface area contributed by atoms with Gasteiger partial charge in [0.05, 0.1) is 63.7 Å². The fourth-order valence-electron chi connectivity index (χ4n) is 5.06. The first-order valence-electron chi connectivity index (χ1n) is 18.4. The molecule has 0 spiro atoms. The molecule has 0 aliphatic carbocycles. The van der Waals surface area contributed by atoms with Gasteiger partial charge in [-0.05, 0) is 72.8 Å². The van der Waals surface area contributed by atoms with Gasteiger partial charge in [-0.2, -0.15) is 0 Å². The van der Waals surface area contributed by atoms with Crippen LogP contribution in [0.25, 0.3) is 31.3 Å². The van der Waals surface area contributed by atoms with E-state index < -0.39 is 30.7 Å². The highest BCUT2D eigenvalue weighted by Crippen LogP contribution is 2.24. The Morgan fingerprint density at radius 2 is 0.865 bits per heavy atom. The molecule has 1 aromatic rings. The minimum atomic E-state index is -1.12. The normalized spacial score (nSPS) is 12.4. The lowest BCUT2D eigenvalue weighted by molar-refractivity contribution is -0.110. The quantitative estimate of drug-likeness (QED) is 0.0272. The summed E-state index contributed by atoms with van der Waals surface area (Å²) in [7, 11) is 0. The maximum absolute atomic E-state index is 9.56. The molecule has 0 atom stereocenters. The maximum atomic E-state index is 9.56. The molecule has 0 radical (unpaired) electrons. The molecule has 0 heterocycles. The average molecular weight is 736 g/mol. The Balaban J connectivity index is 2.86. The SMILES string of the molecule is [N-]=[N+]=NCCCCCCOCC(COCCCCCCN=[N+]=[N-])(COCCCCCCN=[N+]=[N-])COCc1ccc(OCC(CO)(CO)CO)cc1. The summed E-state index contributed by atoms with van der Waals surface area (Å²) in [6, 6.07) is 7.32. The van der Waals surface area contributed by atoms with E-state index in [1.165, 1.54) is 0 Å². The number of aliphatic hydroxyl groups is 3. The zero-order valence-electron chi connectivity index (χ0n) is 30.8.